The number of benzene rings is 1. The van der Waals surface area contributed by atoms with Gasteiger partial charge in [-0.2, -0.15) is 0 Å². The van der Waals surface area contributed by atoms with E-state index in [-0.39, 0.29) is 18.7 Å². The molecule has 94 valence electrons. The Bertz CT molecular complexity index is 456. The van der Waals surface area contributed by atoms with Gasteiger partial charge in [0.15, 0.2) is 0 Å². The predicted molar refractivity (Wildman–Crippen MR) is 65.8 cm³/mol. The van der Waals surface area contributed by atoms with Crippen LogP contribution in [0.15, 0.2) is 35.4 Å². The SMILES string of the molecule is [N-]=[N+]=N[C@H]1CCN(C(=O)OCc2ccccc2)C1. The zero-order valence-electron chi connectivity index (χ0n) is 9.90. The molecule has 1 heterocycles. The van der Waals surface area contributed by atoms with Crippen molar-refractivity contribution in [3.63, 3.8) is 0 Å². The highest BCUT2D eigenvalue weighted by Gasteiger charge is 2.26. The Labute approximate surface area is 105 Å². The van der Waals surface area contributed by atoms with E-state index in [4.69, 9.17) is 10.3 Å². The fraction of sp³-hybridized carbons (Fsp3) is 0.417. The first-order valence-electron chi connectivity index (χ1n) is 5.79. The fourth-order valence-electron chi connectivity index (χ4n) is 1.89. The summed E-state index contributed by atoms with van der Waals surface area (Å²) < 4.78 is 5.19. The Morgan fingerprint density at radius 1 is 1.50 bits per heavy atom. The van der Waals surface area contributed by atoms with Crippen LogP contribution < -0.4 is 0 Å². The molecule has 0 spiro atoms. The summed E-state index contributed by atoms with van der Waals surface area (Å²) in [5.41, 5.74) is 9.28. The van der Waals surface area contributed by atoms with Crippen molar-refractivity contribution in [2.45, 2.75) is 19.1 Å². The van der Waals surface area contributed by atoms with E-state index in [0.717, 1.165) is 5.56 Å². The zero-order valence-corrected chi connectivity index (χ0v) is 9.90. The van der Waals surface area contributed by atoms with Crippen LogP contribution in [0, 0.1) is 0 Å². The van der Waals surface area contributed by atoms with Crippen LogP contribution in [0.2, 0.25) is 0 Å². The van der Waals surface area contributed by atoms with Crippen molar-refractivity contribution < 1.29 is 9.53 Å². The topological polar surface area (TPSA) is 78.3 Å². The van der Waals surface area contributed by atoms with Crippen LogP contribution in [0.3, 0.4) is 0 Å². The Kier molecular flexibility index (Phi) is 4.04. The van der Waals surface area contributed by atoms with Crippen molar-refractivity contribution in [3.05, 3.63) is 46.3 Å². The quantitative estimate of drug-likeness (QED) is 0.467. The lowest BCUT2D eigenvalue weighted by Crippen LogP contribution is -2.29. The van der Waals surface area contributed by atoms with Gasteiger partial charge in [0.2, 0.25) is 0 Å². The van der Waals surface area contributed by atoms with E-state index in [9.17, 15) is 4.79 Å². The molecular formula is C12H14N4O2. The fourth-order valence-corrected chi connectivity index (χ4v) is 1.89. The maximum absolute atomic E-state index is 11.7. The molecule has 1 aliphatic rings. The monoisotopic (exact) mass is 246 g/mol. The van der Waals surface area contributed by atoms with Crippen molar-refractivity contribution >= 4 is 6.09 Å². The third-order valence-corrected chi connectivity index (χ3v) is 2.84. The Balaban J connectivity index is 1.81. The van der Waals surface area contributed by atoms with Crippen LogP contribution in [0.1, 0.15) is 12.0 Å². The van der Waals surface area contributed by atoms with Gasteiger partial charge in [0, 0.05) is 18.0 Å². The summed E-state index contributed by atoms with van der Waals surface area (Å²) in [6.45, 7) is 1.29. The van der Waals surface area contributed by atoms with Crippen molar-refractivity contribution in [3.8, 4) is 0 Å². The highest BCUT2D eigenvalue weighted by atomic mass is 16.6. The molecule has 0 radical (unpaired) electrons. The molecule has 2 rings (SSSR count). The Morgan fingerprint density at radius 3 is 3.00 bits per heavy atom. The number of amides is 1. The van der Waals surface area contributed by atoms with E-state index in [2.05, 4.69) is 10.0 Å². The molecule has 1 fully saturated rings. The number of hydrogen-bond acceptors (Lipinski definition) is 3. The van der Waals surface area contributed by atoms with Crippen molar-refractivity contribution in [2.24, 2.45) is 5.11 Å². The lowest BCUT2D eigenvalue weighted by atomic mass is 10.2. The van der Waals surface area contributed by atoms with Gasteiger partial charge in [0.05, 0.1) is 6.04 Å². The molecule has 1 aliphatic heterocycles. The minimum Gasteiger partial charge on any atom is -0.445 e. The summed E-state index contributed by atoms with van der Waals surface area (Å²) in [7, 11) is 0. The second-order valence-corrected chi connectivity index (χ2v) is 4.13. The summed E-state index contributed by atoms with van der Waals surface area (Å²) >= 11 is 0. The molecule has 1 amide bonds. The molecule has 1 atom stereocenters. The highest BCUT2D eigenvalue weighted by Crippen LogP contribution is 2.14. The third-order valence-electron chi connectivity index (χ3n) is 2.84. The number of nitrogens with zero attached hydrogens (tertiary/aromatic N) is 4. The molecule has 1 aromatic carbocycles. The van der Waals surface area contributed by atoms with E-state index >= 15 is 0 Å². The first-order chi connectivity index (χ1) is 8.79. The normalized spacial score (nSPS) is 18.2. The lowest BCUT2D eigenvalue weighted by molar-refractivity contribution is 0.104. The van der Waals surface area contributed by atoms with Crippen LogP contribution in [-0.2, 0) is 11.3 Å². The molecule has 0 bridgehead atoms. The van der Waals surface area contributed by atoms with E-state index in [1.165, 1.54) is 0 Å². The first kappa shape index (κ1) is 12.3. The molecule has 0 saturated carbocycles. The molecular weight excluding hydrogens is 232 g/mol. The molecule has 0 aromatic heterocycles. The average molecular weight is 246 g/mol. The number of azide groups is 1. The molecule has 0 unspecified atom stereocenters. The van der Waals surface area contributed by atoms with Crippen LogP contribution in [0.4, 0.5) is 4.79 Å². The molecule has 6 nitrogen and oxygen atoms in total. The van der Waals surface area contributed by atoms with Crippen LogP contribution >= 0.6 is 0 Å². The molecule has 1 saturated heterocycles. The van der Waals surface area contributed by atoms with Gasteiger partial charge in [0.25, 0.3) is 0 Å². The van der Waals surface area contributed by atoms with Gasteiger partial charge in [0.1, 0.15) is 6.61 Å². The third kappa shape index (κ3) is 3.15. The summed E-state index contributed by atoms with van der Waals surface area (Å²) in [5, 5.41) is 3.61. The van der Waals surface area contributed by atoms with E-state index < -0.39 is 0 Å². The second-order valence-electron chi connectivity index (χ2n) is 4.13. The van der Waals surface area contributed by atoms with E-state index in [1.54, 1.807) is 4.90 Å². The number of likely N-dealkylation sites (tertiary alicyclic amines) is 1. The second kappa shape index (κ2) is 5.93. The van der Waals surface area contributed by atoms with Gasteiger partial charge >= 0.3 is 6.09 Å². The van der Waals surface area contributed by atoms with Crippen LogP contribution in [0.5, 0.6) is 0 Å². The first-order valence-corrected chi connectivity index (χ1v) is 5.79. The number of carbonyl (C=O) groups excluding carboxylic acids is 1. The predicted octanol–water partition coefficient (Wildman–Crippen LogP) is 2.71. The minimum absolute atomic E-state index is 0.126. The summed E-state index contributed by atoms with van der Waals surface area (Å²) in [5.74, 6) is 0. The van der Waals surface area contributed by atoms with Gasteiger partial charge in [-0.1, -0.05) is 35.4 Å². The highest BCUT2D eigenvalue weighted by molar-refractivity contribution is 5.68. The molecule has 0 N–H and O–H groups in total. The van der Waals surface area contributed by atoms with E-state index in [0.29, 0.717) is 19.5 Å². The summed E-state index contributed by atoms with van der Waals surface area (Å²) in [6, 6.07) is 9.39. The maximum Gasteiger partial charge on any atom is 0.410 e. The summed E-state index contributed by atoms with van der Waals surface area (Å²) in [4.78, 5) is 16.1. The van der Waals surface area contributed by atoms with Gasteiger partial charge in [-0.25, -0.2) is 4.79 Å². The zero-order chi connectivity index (χ0) is 12.8. The molecule has 18 heavy (non-hydrogen) atoms. The number of carbonyl (C=O) groups is 1. The molecule has 6 heteroatoms. The van der Waals surface area contributed by atoms with Crippen LogP contribution in [-0.4, -0.2) is 30.1 Å². The van der Waals surface area contributed by atoms with E-state index in [1.807, 2.05) is 30.3 Å². The van der Waals surface area contributed by atoms with Gasteiger partial charge < -0.3 is 9.64 Å². The summed E-state index contributed by atoms with van der Waals surface area (Å²) in [6.07, 6.45) is 0.347. The molecule has 0 aliphatic carbocycles. The maximum atomic E-state index is 11.7. The lowest BCUT2D eigenvalue weighted by Gasteiger charge is -2.15. The Morgan fingerprint density at radius 2 is 2.28 bits per heavy atom. The minimum atomic E-state index is -0.352. The van der Waals surface area contributed by atoms with Crippen molar-refractivity contribution in [1.82, 2.24) is 4.90 Å². The standard InChI is InChI=1S/C12H14N4O2/c13-15-14-11-6-7-16(8-11)12(17)18-9-10-4-2-1-3-5-10/h1-5,11H,6-9H2/t11-/m0/s1. The van der Waals surface area contributed by atoms with Crippen molar-refractivity contribution in [2.75, 3.05) is 13.1 Å². The molecule has 1 aromatic rings. The number of ether oxygens (including phenoxy) is 1. The largest absolute Gasteiger partial charge is 0.445 e. The smallest absolute Gasteiger partial charge is 0.410 e. The van der Waals surface area contributed by atoms with Gasteiger partial charge in [-0.3, -0.25) is 0 Å². The van der Waals surface area contributed by atoms with Crippen molar-refractivity contribution in [1.29, 1.82) is 0 Å². The average Bonchev–Trinajstić information content (AvgIpc) is 2.86. The Hall–Kier alpha value is -2.20. The number of hydrogen-bond donors (Lipinski definition) is 0. The number of rotatable bonds is 3. The van der Waals surface area contributed by atoms with Gasteiger partial charge in [-0.15, -0.1) is 0 Å². The van der Waals surface area contributed by atoms with Gasteiger partial charge in [-0.05, 0) is 17.5 Å². The van der Waals surface area contributed by atoms with Crippen LogP contribution in [0.25, 0.3) is 10.4 Å².